The molecule has 4 heteroatoms. The van der Waals surface area contributed by atoms with Crippen molar-refractivity contribution >= 4 is 5.69 Å². The molecule has 1 heterocycles. The normalized spacial score (nSPS) is 11.9. The lowest BCUT2D eigenvalue weighted by molar-refractivity contribution is 0.416. The van der Waals surface area contributed by atoms with Crippen LogP contribution in [0.1, 0.15) is 11.7 Å². The minimum atomic E-state index is -0.0255. The first-order valence-electron chi connectivity index (χ1n) is 5.85. The Bertz CT molecular complexity index is 487. The van der Waals surface area contributed by atoms with Crippen LogP contribution in [0.4, 0.5) is 5.69 Å². The molecule has 2 aromatic rings. The molecule has 0 aliphatic heterocycles. The number of nitrogens with one attached hydrogen (secondary N) is 1. The summed E-state index contributed by atoms with van der Waals surface area (Å²) in [6, 6.07) is 13.5. The standard InChI is InChI=1S/C14H17N3O/c1-18-14-8-3-2-7-12(14)17-13(10-15)11-6-4-5-9-16-11/h2-9,13,17H,10,15H2,1H3. The van der Waals surface area contributed by atoms with E-state index in [-0.39, 0.29) is 6.04 Å². The van der Waals surface area contributed by atoms with Crippen LogP contribution in [0.3, 0.4) is 0 Å². The monoisotopic (exact) mass is 243 g/mol. The third-order valence-corrected chi connectivity index (χ3v) is 2.72. The summed E-state index contributed by atoms with van der Waals surface area (Å²) in [5.41, 5.74) is 7.64. The lowest BCUT2D eigenvalue weighted by Gasteiger charge is -2.19. The molecule has 0 saturated carbocycles. The molecule has 0 fully saturated rings. The van der Waals surface area contributed by atoms with E-state index < -0.39 is 0 Å². The SMILES string of the molecule is COc1ccccc1NC(CN)c1ccccn1. The summed E-state index contributed by atoms with van der Waals surface area (Å²) < 4.78 is 5.30. The average Bonchev–Trinajstić information content (AvgIpc) is 2.46. The molecule has 3 N–H and O–H groups in total. The topological polar surface area (TPSA) is 60.2 Å². The summed E-state index contributed by atoms with van der Waals surface area (Å²) in [7, 11) is 1.65. The van der Waals surface area contributed by atoms with Gasteiger partial charge in [0.25, 0.3) is 0 Å². The van der Waals surface area contributed by atoms with Gasteiger partial charge >= 0.3 is 0 Å². The smallest absolute Gasteiger partial charge is 0.141 e. The number of nitrogens with zero attached hydrogens (tertiary/aromatic N) is 1. The number of hydrogen-bond acceptors (Lipinski definition) is 4. The predicted octanol–water partition coefficient (Wildman–Crippen LogP) is 2.20. The van der Waals surface area contributed by atoms with Gasteiger partial charge in [0.05, 0.1) is 24.5 Å². The van der Waals surface area contributed by atoms with E-state index >= 15 is 0 Å². The van der Waals surface area contributed by atoms with Crippen LogP contribution in [-0.2, 0) is 0 Å². The molecule has 0 aliphatic carbocycles. The Kier molecular flexibility index (Phi) is 4.15. The quantitative estimate of drug-likeness (QED) is 0.845. The van der Waals surface area contributed by atoms with Crippen LogP contribution in [-0.4, -0.2) is 18.6 Å². The maximum atomic E-state index is 5.80. The van der Waals surface area contributed by atoms with E-state index in [0.29, 0.717) is 6.54 Å². The molecule has 4 nitrogen and oxygen atoms in total. The highest BCUT2D eigenvalue weighted by molar-refractivity contribution is 5.57. The van der Waals surface area contributed by atoms with E-state index in [9.17, 15) is 0 Å². The molecule has 94 valence electrons. The summed E-state index contributed by atoms with van der Waals surface area (Å²) >= 11 is 0. The Balaban J connectivity index is 2.21. The van der Waals surface area contributed by atoms with Gasteiger partial charge in [-0.25, -0.2) is 0 Å². The number of para-hydroxylation sites is 2. The summed E-state index contributed by atoms with van der Waals surface area (Å²) in [6.07, 6.45) is 1.77. The van der Waals surface area contributed by atoms with Crippen molar-refractivity contribution in [2.75, 3.05) is 19.0 Å². The highest BCUT2D eigenvalue weighted by Gasteiger charge is 2.12. The number of nitrogens with two attached hydrogens (primary N) is 1. The van der Waals surface area contributed by atoms with Gasteiger partial charge in [-0.3, -0.25) is 4.98 Å². The minimum absolute atomic E-state index is 0.0255. The van der Waals surface area contributed by atoms with E-state index in [1.54, 1.807) is 13.3 Å². The fraction of sp³-hybridized carbons (Fsp3) is 0.214. The minimum Gasteiger partial charge on any atom is -0.495 e. The molecular weight excluding hydrogens is 226 g/mol. The van der Waals surface area contributed by atoms with E-state index in [2.05, 4.69) is 10.3 Å². The number of hydrogen-bond donors (Lipinski definition) is 2. The Labute approximate surface area is 107 Å². The zero-order valence-electron chi connectivity index (χ0n) is 10.3. The Morgan fingerprint density at radius 2 is 2.00 bits per heavy atom. The van der Waals surface area contributed by atoms with Gasteiger partial charge in [-0.2, -0.15) is 0 Å². The summed E-state index contributed by atoms with van der Waals surface area (Å²) in [5, 5.41) is 3.35. The average molecular weight is 243 g/mol. The third kappa shape index (κ3) is 2.78. The van der Waals surface area contributed by atoms with E-state index in [1.165, 1.54) is 0 Å². The number of aromatic nitrogens is 1. The Morgan fingerprint density at radius 1 is 1.22 bits per heavy atom. The third-order valence-electron chi connectivity index (χ3n) is 2.72. The number of pyridine rings is 1. The van der Waals surface area contributed by atoms with Crippen molar-refractivity contribution in [1.29, 1.82) is 0 Å². The van der Waals surface area contributed by atoms with Gasteiger partial charge in [-0.15, -0.1) is 0 Å². The maximum Gasteiger partial charge on any atom is 0.141 e. The van der Waals surface area contributed by atoms with Crippen LogP contribution in [0.15, 0.2) is 48.7 Å². The van der Waals surface area contributed by atoms with Crippen molar-refractivity contribution in [2.45, 2.75) is 6.04 Å². The molecule has 0 amide bonds. The van der Waals surface area contributed by atoms with Crippen molar-refractivity contribution in [2.24, 2.45) is 5.73 Å². The largest absolute Gasteiger partial charge is 0.495 e. The fourth-order valence-electron chi connectivity index (χ4n) is 1.79. The van der Waals surface area contributed by atoms with Gasteiger partial charge in [0.15, 0.2) is 0 Å². The number of methoxy groups -OCH3 is 1. The van der Waals surface area contributed by atoms with Gasteiger partial charge in [0.1, 0.15) is 5.75 Å². The van der Waals surface area contributed by atoms with Crippen molar-refractivity contribution < 1.29 is 4.74 Å². The molecule has 0 spiro atoms. The zero-order chi connectivity index (χ0) is 12.8. The molecule has 0 bridgehead atoms. The summed E-state index contributed by atoms with van der Waals surface area (Å²) in [6.45, 7) is 0.467. The van der Waals surface area contributed by atoms with E-state index in [4.69, 9.17) is 10.5 Å². The second-order valence-corrected chi connectivity index (χ2v) is 3.89. The van der Waals surface area contributed by atoms with Crippen LogP contribution in [0.5, 0.6) is 5.75 Å². The summed E-state index contributed by atoms with van der Waals surface area (Å²) in [5.74, 6) is 0.798. The number of benzene rings is 1. The van der Waals surface area contributed by atoms with E-state index in [0.717, 1.165) is 17.1 Å². The molecule has 18 heavy (non-hydrogen) atoms. The first-order chi connectivity index (χ1) is 8.85. The molecule has 1 aromatic heterocycles. The van der Waals surface area contributed by atoms with Crippen molar-refractivity contribution in [3.8, 4) is 5.75 Å². The molecule has 0 aliphatic rings. The van der Waals surface area contributed by atoms with Gasteiger partial charge in [0, 0.05) is 12.7 Å². The molecule has 1 unspecified atom stereocenters. The van der Waals surface area contributed by atoms with Gasteiger partial charge in [-0.1, -0.05) is 18.2 Å². The molecule has 1 atom stereocenters. The second kappa shape index (κ2) is 6.02. The predicted molar refractivity (Wildman–Crippen MR) is 72.6 cm³/mol. The number of ether oxygens (including phenoxy) is 1. The van der Waals surface area contributed by atoms with E-state index in [1.807, 2.05) is 42.5 Å². The molecule has 2 rings (SSSR count). The van der Waals surface area contributed by atoms with Crippen molar-refractivity contribution in [3.05, 3.63) is 54.4 Å². The lowest BCUT2D eigenvalue weighted by atomic mass is 10.1. The van der Waals surface area contributed by atoms with Gasteiger partial charge in [-0.05, 0) is 24.3 Å². The highest BCUT2D eigenvalue weighted by atomic mass is 16.5. The molecule has 0 saturated heterocycles. The first kappa shape index (κ1) is 12.4. The molecular formula is C14H17N3O. The van der Waals surface area contributed by atoms with Gasteiger partial charge < -0.3 is 15.8 Å². The highest BCUT2D eigenvalue weighted by Crippen LogP contribution is 2.26. The second-order valence-electron chi connectivity index (χ2n) is 3.89. The van der Waals surface area contributed by atoms with Gasteiger partial charge in [0.2, 0.25) is 0 Å². The fourth-order valence-corrected chi connectivity index (χ4v) is 1.79. The van der Waals surface area contributed by atoms with Crippen LogP contribution >= 0.6 is 0 Å². The first-order valence-corrected chi connectivity index (χ1v) is 5.85. The summed E-state index contributed by atoms with van der Waals surface area (Å²) in [4.78, 5) is 4.32. The number of rotatable bonds is 5. The van der Waals surface area contributed by atoms with Crippen LogP contribution in [0.2, 0.25) is 0 Å². The zero-order valence-corrected chi connectivity index (χ0v) is 10.3. The van der Waals surface area contributed by atoms with Crippen molar-refractivity contribution in [1.82, 2.24) is 4.98 Å². The maximum absolute atomic E-state index is 5.80. The number of anilines is 1. The van der Waals surface area contributed by atoms with Crippen LogP contribution in [0, 0.1) is 0 Å². The lowest BCUT2D eigenvalue weighted by Crippen LogP contribution is -2.21. The van der Waals surface area contributed by atoms with Crippen LogP contribution in [0.25, 0.3) is 0 Å². The molecule has 0 radical (unpaired) electrons. The molecule has 1 aromatic carbocycles. The van der Waals surface area contributed by atoms with Crippen LogP contribution < -0.4 is 15.8 Å². The Hall–Kier alpha value is -2.07. The Morgan fingerprint density at radius 3 is 2.67 bits per heavy atom. The van der Waals surface area contributed by atoms with Crippen molar-refractivity contribution in [3.63, 3.8) is 0 Å².